The molecule has 384 valence electrons. The second-order valence-corrected chi connectivity index (χ2v) is 30.0. The first-order valence-corrected chi connectivity index (χ1v) is 28.5. The number of nitroso groups, excluding NO2 is 1. The van der Waals surface area contributed by atoms with Crippen molar-refractivity contribution in [3.8, 4) is 17.1 Å². The monoisotopic (exact) mass is 1010 g/mol. The van der Waals surface area contributed by atoms with E-state index in [1.807, 2.05) is 23.5 Å². The third kappa shape index (κ3) is 10.0. The average molecular weight is 1010 g/mol. The largest absolute Gasteiger partial charge is 0.506 e. The normalized spacial score (nSPS) is 16.6. The van der Waals surface area contributed by atoms with Crippen LogP contribution in [0, 0.1) is 4.91 Å². The molecular formula is C66H81N3O2S2. The zero-order chi connectivity index (χ0) is 53.1. The summed E-state index contributed by atoms with van der Waals surface area (Å²) in [4.78, 5) is 15.7. The number of fused-ring (bicyclic) bond motifs is 6. The molecular weight excluding hydrogens is 931 g/mol. The van der Waals surface area contributed by atoms with E-state index in [-0.39, 0.29) is 43.0 Å². The fraction of sp³-hybridized carbons (Fsp3) is 0.455. The maximum Gasteiger partial charge on any atom is 0.140 e. The van der Waals surface area contributed by atoms with E-state index in [0.717, 1.165) is 68.9 Å². The Kier molecular flexibility index (Phi) is 13.3. The Balaban J connectivity index is 1.16. The van der Waals surface area contributed by atoms with Crippen LogP contribution < -0.4 is 0 Å². The zero-order valence-electron chi connectivity index (χ0n) is 47.2. The summed E-state index contributed by atoms with van der Waals surface area (Å²) in [5.74, 6) is 0.290. The van der Waals surface area contributed by atoms with Crippen LogP contribution >= 0.6 is 23.5 Å². The number of benzene rings is 6. The number of hydrogen-bond acceptors (Lipinski definition) is 5. The molecule has 2 aromatic heterocycles. The van der Waals surface area contributed by atoms with E-state index in [1.54, 1.807) is 0 Å². The number of rotatable bonds is 7. The number of nitrogens with zero attached hydrogens (tertiary/aromatic N) is 3. The van der Waals surface area contributed by atoms with Crippen molar-refractivity contribution in [3.63, 3.8) is 0 Å². The van der Waals surface area contributed by atoms with Gasteiger partial charge >= 0.3 is 0 Å². The highest BCUT2D eigenvalue weighted by Gasteiger charge is 2.34. The van der Waals surface area contributed by atoms with E-state index in [0.29, 0.717) is 11.4 Å². The maximum atomic E-state index is 13.4. The molecule has 8 aromatic rings. The summed E-state index contributed by atoms with van der Waals surface area (Å²) in [6.45, 7) is 41.0. The molecule has 7 heteroatoms. The van der Waals surface area contributed by atoms with Gasteiger partial charge in [-0.15, -0.1) is 28.4 Å². The van der Waals surface area contributed by atoms with E-state index < -0.39 is 0 Å². The Morgan fingerprint density at radius 2 is 0.740 bits per heavy atom. The van der Waals surface area contributed by atoms with Crippen LogP contribution in [0.25, 0.3) is 55.0 Å². The minimum Gasteiger partial charge on any atom is -0.506 e. The highest BCUT2D eigenvalue weighted by molar-refractivity contribution is 8.04. The molecule has 1 aliphatic rings. The molecule has 2 heterocycles. The summed E-state index contributed by atoms with van der Waals surface area (Å²) >= 11 is 3.87. The predicted molar refractivity (Wildman–Crippen MR) is 319 cm³/mol. The standard InChI is InChI=1S/C66H81N3O2S2/c1-61(2,3)39-23-27-43-44-28-24-40(62(4,5)6)32-51(44)68(50(43)31-39)54-35-47(65(13,14)15)59(37-49(54)67-71)72-57-21-19-20-22-58(57)73-60-38-56(70)55(36-48(60)66(16,17)18)69-52-33-41(63(7,8)9)25-29-45(52)46-30-26-42(34-53(46)69)64(10,11)12/h23-38,57-58,70H,19-22H2,1-18H3. The van der Waals surface area contributed by atoms with Gasteiger partial charge in [0.1, 0.15) is 11.4 Å². The van der Waals surface area contributed by atoms with Crippen LogP contribution in [-0.2, 0) is 32.5 Å². The summed E-state index contributed by atoms with van der Waals surface area (Å²) in [5, 5.41) is 21.7. The van der Waals surface area contributed by atoms with Crippen molar-refractivity contribution >= 4 is 72.8 Å². The van der Waals surface area contributed by atoms with Crippen molar-refractivity contribution in [1.82, 2.24) is 9.13 Å². The minimum atomic E-state index is -0.225. The van der Waals surface area contributed by atoms with Crippen molar-refractivity contribution in [1.29, 1.82) is 0 Å². The van der Waals surface area contributed by atoms with Crippen molar-refractivity contribution in [2.45, 2.75) is 203 Å². The SMILES string of the molecule is CC(C)(C)c1ccc2c3ccc(C(C)(C)C)cc3n(-c3cc(C(C)(C)C)c(SC4CCCCC4Sc4cc(N=O)c(-n5c6cc(C(C)(C)C)ccc6c6ccc(C(C)(C)C)cc65)cc4C(C)(C)C)cc3O)c2c1. The van der Waals surface area contributed by atoms with Crippen molar-refractivity contribution < 1.29 is 5.11 Å². The van der Waals surface area contributed by atoms with Crippen LogP contribution in [0.2, 0.25) is 0 Å². The van der Waals surface area contributed by atoms with Gasteiger partial charge in [0.2, 0.25) is 0 Å². The highest BCUT2D eigenvalue weighted by atomic mass is 32.2. The first-order valence-electron chi connectivity index (χ1n) is 26.8. The van der Waals surface area contributed by atoms with E-state index in [9.17, 15) is 10.0 Å². The number of aromatic nitrogens is 2. The summed E-state index contributed by atoms with van der Waals surface area (Å²) < 4.78 is 4.65. The van der Waals surface area contributed by atoms with Gasteiger partial charge in [-0.25, -0.2) is 0 Å². The van der Waals surface area contributed by atoms with Crippen LogP contribution in [0.5, 0.6) is 5.75 Å². The number of thioether (sulfide) groups is 2. The Morgan fingerprint density at radius 3 is 1.05 bits per heavy atom. The lowest BCUT2D eigenvalue weighted by molar-refractivity contribution is 0.469. The summed E-state index contributed by atoms with van der Waals surface area (Å²) in [6.07, 6.45) is 4.45. The lowest BCUT2D eigenvalue weighted by Gasteiger charge is -2.34. The Bertz CT molecular complexity index is 3310. The molecule has 1 aliphatic carbocycles. The molecule has 0 aliphatic heterocycles. The number of aromatic hydroxyl groups is 1. The first kappa shape index (κ1) is 52.9. The smallest absolute Gasteiger partial charge is 0.140 e. The Morgan fingerprint density at radius 1 is 0.425 bits per heavy atom. The third-order valence-electron chi connectivity index (χ3n) is 15.5. The summed E-state index contributed by atoms with van der Waals surface area (Å²) in [7, 11) is 0. The molecule has 1 fully saturated rings. The van der Waals surface area contributed by atoms with Gasteiger partial charge in [0.05, 0.1) is 33.4 Å². The molecule has 1 N–H and O–H groups in total. The van der Waals surface area contributed by atoms with Gasteiger partial charge in [0.15, 0.2) is 0 Å². The molecule has 0 saturated heterocycles. The summed E-state index contributed by atoms with van der Waals surface area (Å²) in [6, 6.07) is 36.2. The minimum absolute atomic E-state index is 0.0417. The average Bonchev–Trinajstić information content (AvgIpc) is 3.79. The number of phenolic OH excluding ortho intramolecular Hbond substituents is 1. The fourth-order valence-corrected chi connectivity index (χ4v) is 14.5. The van der Waals surface area contributed by atoms with E-state index in [1.165, 1.54) is 54.9 Å². The van der Waals surface area contributed by atoms with Gasteiger partial charge in [-0.3, -0.25) is 0 Å². The van der Waals surface area contributed by atoms with Crippen LogP contribution in [0.3, 0.4) is 0 Å². The molecule has 9 rings (SSSR count). The molecule has 0 bridgehead atoms. The van der Waals surface area contributed by atoms with Gasteiger partial charge < -0.3 is 14.2 Å². The summed E-state index contributed by atoms with van der Waals surface area (Å²) in [5.41, 5.74) is 13.4. The van der Waals surface area contributed by atoms with Crippen LogP contribution in [-0.4, -0.2) is 24.7 Å². The Labute approximate surface area is 445 Å². The van der Waals surface area contributed by atoms with Gasteiger partial charge in [0, 0.05) is 41.8 Å². The molecule has 73 heavy (non-hydrogen) atoms. The molecule has 2 atom stereocenters. The van der Waals surface area contributed by atoms with Crippen LogP contribution in [0.15, 0.2) is 112 Å². The van der Waals surface area contributed by atoms with Gasteiger partial charge in [-0.1, -0.05) is 186 Å². The van der Waals surface area contributed by atoms with Gasteiger partial charge in [-0.2, -0.15) is 0 Å². The van der Waals surface area contributed by atoms with E-state index >= 15 is 0 Å². The highest BCUT2D eigenvalue weighted by Crippen LogP contribution is 2.51. The first-order chi connectivity index (χ1) is 33.8. The molecule has 0 amide bonds. The zero-order valence-corrected chi connectivity index (χ0v) is 48.9. The second-order valence-electron chi connectivity index (χ2n) is 27.5. The lowest BCUT2D eigenvalue weighted by atomic mass is 9.86. The lowest BCUT2D eigenvalue weighted by Crippen LogP contribution is -2.26. The predicted octanol–water partition coefficient (Wildman–Crippen LogP) is 20.0. The third-order valence-corrected chi connectivity index (χ3v) is 18.6. The molecule has 6 aromatic carbocycles. The molecule has 2 unspecified atom stereocenters. The van der Waals surface area contributed by atoms with Crippen molar-refractivity contribution in [2.75, 3.05) is 0 Å². The molecule has 1 saturated carbocycles. The van der Waals surface area contributed by atoms with Crippen LogP contribution in [0.1, 0.15) is 184 Å². The molecule has 0 spiro atoms. The number of hydrogen-bond donors (Lipinski definition) is 1. The van der Waals surface area contributed by atoms with E-state index in [2.05, 4.69) is 236 Å². The molecule has 0 radical (unpaired) electrons. The Hall–Kier alpha value is -4.98. The quantitative estimate of drug-likeness (QED) is 0.162. The van der Waals surface area contributed by atoms with Gasteiger partial charge in [0.25, 0.3) is 0 Å². The number of phenols is 1. The van der Waals surface area contributed by atoms with E-state index in [4.69, 9.17) is 0 Å². The van der Waals surface area contributed by atoms with Crippen LogP contribution in [0.4, 0.5) is 5.69 Å². The second kappa shape index (κ2) is 18.4. The van der Waals surface area contributed by atoms with Crippen molar-refractivity contribution in [3.05, 3.63) is 135 Å². The maximum absolute atomic E-state index is 13.4. The van der Waals surface area contributed by atoms with Crippen molar-refractivity contribution in [2.24, 2.45) is 5.18 Å². The van der Waals surface area contributed by atoms with Gasteiger partial charge in [-0.05, 0) is 132 Å². The fourth-order valence-electron chi connectivity index (χ4n) is 11.0. The molecule has 5 nitrogen and oxygen atoms in total. The topological polar surface area (TPSA) is 59.5 Å².